The third-order valence-corrected chi connectivity index (χ3v) is 4.26. The zero-order valence-corrected chi connectivity index (χ0v) is 12.2. The van der Waals surface area contributed by atoms with Gasteiger partial charge in [0, 0.05) is 19.5 Å². The van der Waals surface area contributed by atoms with Gasteiger partial charge in [-0.2, -0.15) is 0 Å². The van der Waals surface area contributed by atoms with E-state index in [1.165, 1.54) is 30.4 Å². The van der Waals surface area contributed by atoms with Crippen LogP contribution in [0, 0.1) is 12.8 Å². The molecule has 19 heavy (non-hydrogen) atoms. The lowest BCUT2D eigenvalue weighted by atomic mass is 9.90. The first-order valence-electron chi connectivity index (χ1n) is 7.53. The van der Waals surface area contributed by atoms with Crippen molar-refractivity contribution in [3.05, 3.63) is 35.4 Å². The number of nitrogens with zero attached hydrogens (tertiary/aromatic N) is 1. The quantitative estimate of drug-likeness (QED) is 0.809. The Bertz CT molecular complexity index is 427. The fourth-order valence-corrected chi connectivity index (χ4v) is 3.00. The van der Waals surface area contributed by atoms with Crippen molar-refractivity contribution in [2.75, 3.05) is 13.1 Å². The van der Waals surface area contributed by atoms with Gasteiger partial charge >= 0.3 is 0 Å². The third-order valence-electron chi connectivity index (χ3n) is 4.26. The van der Waals surface area contributed by atoms with E-state index in [0.717, 1.165) is 19.5 Å². The first-order chi connectivity index (χ1) is 9.20. The predicted octanol–water partition coefficient (Wildman–Crippen LogP) is 3.58. The van der Waals surface area contributed by atoms with Crippen LogP contribution < -0.4 is 0 Å². The Labute approximate surface area is 116 Å². The second-order valence-corrected chi connectivity index (χ2v) is 5.67. The number of rotatable bonds is 4. The second-order valence-electron chi connectivity index (χ2n) is 5.67. The van der Waals surface area contributed by atoms with Crippen LogP contribution in [0.5, 0.6) is 0 Å². The molecule has 0 unspecified atom stereocenters. The molecule has 0 radical (unpaired) electrons. The molecule has 1 saturated heterocycles. The first kappa shape index (κ1) is 14.1. The highest BCUT2D eigenvalue weighted by Gasteiger charge is 2.22. The minimum absolute atomic E-state index is 0.320. The predicted molar refractivity (Wildman–Crippen MR) is 79.1 cm³/mol. The van der Waals surface area contributed by atoms with Crippen LogP contribution in [0.25, 0.3) is 0 Å². The number of likely N-dealkylation sites (tertiary alicyclic amines) is 1. The van der Waals surface area contributed by atoms with Crippen LogP contribution in [-0.2, 0) is 11.2 Å². The Hall–Kier alpha value is -1.31. The van der Waals surface area contributed by atoms with E-state index >= 15 is 0 Å². The van der Waals surface area contributed by atoms with Crippen molar-refractivity contribution in [2.45, 2.75) is 46.0 Å². The molecule has 0 saturated carbocycles. The summed E-state index contributed by atoms with van der Waals surface area (Å²) in [7, 11) is 0. The standard InChI is InChI=1S/C17H25NO/c1-3-17(19)18-12-6-8-15(13-18)10-11-16-9-5-4-7-14(16)2/h4-5,7,9,15H,3,6,8,10-13H2,1-2H3/t15-/m1/s1. The van der Waals surface area contributed by atoms with E-state index in [1.807, 2.05) is 6.92 Å². The molecule has 0 aliphatic carbocycles. The van der Waals surface area contributed by atoms with Crippen molar-refractivity contribution in [1.29, 1.82) is 0 Å². The van der Waals surface area contributed by atoms with Crippen LogP contribution in [0.2, 0.25) is 0 Å². The van der Waals surface area contributed by atoms with Gasteiger partial charge in [0.15, 0.2) is 0 Å². The topological polar surface area (TPSA) is 20.3 Å². The van der Waals surface area contributed by atoms with Crippen LogP contribution in [0.3, 0.4) is 0 Å². The molecular weight excluding hydrogens is 234 g/mol. The van der Waals surface area contributed by atoms with Gasteiger partial charge in [-0.05, 0) is 49.7 Å². The molecule has 1 aromatic carbocycles. The Kier molecular flexibility index (Phi) is 5.00. The maximum atomic E-state index is 11.8. The zero-order valence-electron chi connectivity index (χ0n) is 12.2. The van der Waals surface area contributed by atoms with Crippen molar-refractivity contribution < 1.29 is 4.79 Å². The van der Waals surface area contributed by atoms with E-state index in [2.05, 4.69) is 36.1 Å². The number of aryl methyl sites for hydroxylation is 2. The summed E-state index contributed by atoms with van der Waals surface area (Å²) in [4.78, 5) is 13.8. The van der Waals surface area contributed by atoms with Crippen LogP contribution in [0.1, 0.15) is 43.7 Å². The van der Waals surface area contributed by atoms with Gasteiger partial charge in [0.05, 0.1) is 0 Å². The molecule has 1 amide bonds. The highest BCUT2D eigenvalue weighted by molar-refractivity contribution is 5.75. The van der Waals surface area contributed by atoms with Crippen molar-refractivity contribution in [3.8, 4) is 0 Å². The van der Waals surface area contributed by atoms with E-state index in [0.29, 0.717) is 18.2 Å². The molecule has 2 rings (SSSR count). The van der Waals surface area contributed by atoms with Gasteiger partial charge < -0.3 is 4.90 Å². The van der Waals surface area contributed by atoms with Gasteiger partial charge in [-0.25, -0.2) is 0 Å². The average molecular weight is 259 g/mol. The number of piperidine rings is 1. The van der Waals surface area contributed by atoms with Crippen LogP contribution in [-0.4, -0.2) is 23.9 Å². The molecule has 2 heteroatoms. The van der Waals surface area contributed by atoms with Gasteiger partial charge in [-0.15, -0.1) is 0 Å². The summed E-state index contributed by atoms with van der Waals surface area (Å²) in [6, 6.07) is 8.63. The molecule has 0 spiro atoms. The minimum Gasteiger partial charge on any atom is -0.342 e. The minimum atomic E-state index is 0.320. The SMILES string of the molecule is CCC(=O)N1CCC[C@H](CCc2ccccc2C)C1. The molecule has 1 heterocycles. The summed E-state index contributed by atoms with van der Waals surface area (Å²) in [5, 5.41) is 0. The lowest BCUT2D eigenvalue weighted by Crippen LogP contribution is -2.39. The van der Waals surface area contributed by atoms with Gasteiger partial charge in [-0.1, -0.05) is 31.2 Å². The maximum absolute atomic E-state index is 11.8. The van der Waals surface area contributed by atoms with E-state index in [1.54, 1.807) is 0 Å². The summed E-state index contributed by atoms with van der Waals surface area (Å²) in [6.07, 6.45) is 5.44. The van der Waals surface area contributed by atoms with E-state index in [-0.39, 0.29) is 0 Å². The number of carbonyl (C=O) groups excluding carboxylic acids is 1. The molecule has 1 atom stereocenters. The fourth-order valence-electron chi connectivity index (χ4n) is 3.00. The molecule has 0 N–H and O–H groups in total. The Morgan fingerprint density at radius 1 is 1.37 bits per heavy atom. The summed E-state index contributed by atoms with van der Waals surface area (Å²) in [5.74, 6) is 1.00. The second kappa shape index (κ2) is 6.74. The highest BCUT2D eigenvalue weighted by atomic mass is 16.2. The number of hydrogen-bond acceptors (Lipinski definition) is 1. The molecular formula is C17H25NO. The highest BCUT2D eigenvalue weighted by Crippen LogP contribution is 2.22. The lowest BCUT2D eigenvalue weighted by Gasteiger charge is -2.32. The molecule has 0 bridgehead atoms. The van der Waals surface area contributed by atoms with Crippen molar-refractivity contribution in [3.63, 3.8) is 0 Å². The molecule has 1 aliphatic rings. The van der Waals surface area contributed by atoms with Crippen molar-refractivity contribution >= 4 is 5.91 Å². The van der Waals surface area contributed by atoms with E-state index in [9.17, 15) is 4.79 Å². The molecule has 1 aromatic rings. The van der Waals surface area contributed by atoms with Gasteiger partial charge in [0.1, 0.15) is 0 Å². The van der Waals surface area contributed by atoms with Crippen molar-refractivity contribution in [2.24, 2.45) is 5.92 Å². The summed E-state index contributed by atoms with van der Waals surface area (Å²) < 4.78 is 0. The number of hydrogen-bond donors (Lipinski definition) is 0. The zero-order chi connectivity index (χ0) is 13.7. The lowest BCUT2D eigenvalue weighted by molar-refractivity contribution is -0.132. The number of benzene rings is 1. The van der Waals surface area contributed by atoms with Crippen molar-refractivity contribution in [1.82, 2.24) is 4.90 Å². The summed E-state index contributed by atoms with van der Waals surface area (Å²) in [5.41, 5.74) is 2.85. The average Bonchev–Trinajstić information content (AvgIpc) is 2.46. The Morgan fingerprint density at radius 3 is 2.89 bits per heavy atom. The van der Waals surface area contributed by atoms with Crippen LogP contribution in [0.15, 0.2) is 24.3 Å². The summed E-state index contributed by atoms with van der Waals surface area (Å²) in [6.45, 7) is 6.08. The van der Waals surface area contributed by atoms with Crippen LogP contribution in [0.4, 0.5) is 0 Å². The van der Waals surface area contributed by atoms with E-state index in [4.69, 9.17) is 0 Å². The molecule has 1 aliphatic heterocycles. The monoisotopic (exact) mass is 259 g/mol. The Morgan fingerprint density at radius 2 is 2.16 bits per heavy atom. The molecule has 0 aromatic heterocycles. The van der Waals surface area contributed by atoms with Crippen LogP contribution >= 0.6 is 0 Å². The normalized spacial score (nSPS) is 19.5. The molecule has 104 valence electrons. The molecule has 2 nitrogen and oxygen atoms in total. The third kappa shape index (κ3) is 3.82. The summed E-state index contributed by atoms with van der Waals surface area (Å²) >= 11 is 0. The van der Waals surface area contributed by atoms with Gasteiger partial charge in [0.25, 0.3) is 0 Å². The number of carbonyl (C=O) groups is 1. The largest absolute Gasteiger partial charge is 0.342 e. The van der Waals surface area contributed by atoms with E-state index < -0.39 is 0 Å². The smallest absolute Gasteiger partial charge is 0.222 e. The first-order valence-corrected chi connectivity index (χ1v) is 7.53. The van der Waals surface area contributed by atoms with Gasteiger partial charge in [-0.3, -0.25) is 4.79 Å². The maximum Gasteiger partial charge on any atom is 0.222 e. The van der Waals surface area contributed by atoms with Gasteiger partial charge in [0.2, 0.25) is 5.91 Å². The molecule has 1 fully saturated rings. The fraction of sp³-hybridized carbons (Fsp3) is 0.588. The number of amides is 1. The Balaban J connectivity index is 1.86.